The van der Waals surface area contributed by atoms with Gasteiger partial charge >= 0.3 is 6.18 Å². The Balaban J connectivity index is 2.08. The lowest BCUT2D eigenvalue weighted by molar-refractivity contribution is -0.272. The zero-order chi connectivity index (χ0) is 25.6. The van der Waals surface area contributed by atoms with Crippen LogP contribution in [0.3, 0.4) is 0 Å². The Hall–Kier alpha value is -2.73. The summed E-state index contributed by atoms with van der Waals surface area (Å²) in [5.41, 5.74) is -2.27. The third-order valence-corrected chi connectivity index (χ3v) is 7.28. The first kappa shape index (κ1) is 25.9. The van der Waals surface area contributed by atoms with E-state index in [0.717, 1.165) is 19.2 Å². The lowest BCUT2D eigenvalue weighted by Gasteiger charge is -2.32. The van der Waals surface area contributed by atoms with Crippen LogP contribution < -0.4 is 10.1 Å². The number of ether oxygens (including phenoxy) is 2. The maximum Gasteiger partial charge on any atom is 0.417 e. The number of alkyl halides is 3. The molecular formula is C22H25F4N3O4S. The van der Waals surface area contributed by atoms with Crippen LogP contribution in [0.15, 0.2) is 35.5 Å². The van der Waals surface area contributed by atoms with Crippen LogP contribution in [0.5, 0.6) is 5.75 Å². The van der Waals surface area contributed by atoms with E-state index >= 15 is 0 Å². The number of benzene rings is 1. The first-order valence-corrected chi connectivity index (χ1v) is 12.2. The van der Waals surface area contributed by atoms with Gasteiger partial charge in [-0.25, -0.2) is 18.4 Å². The maximum atomic E-state index is 14.1. The third-order valence-electron chi connectivity index (χ3n) is 6.26. The second-order valence-electron chi connectivity index (χ2n) is 8.47. The van der Waals surface area contributed by atoms with E-state index in [-0.39, 0.29) is 27.6 Å². The Morgan fingerprint density at radius 3 is 2.53 bits per heavy atom. The van der Waals surface area contributed by atoms with Crippen LogP contribution in [0.2, 0.25) is 0 Å². The fourth-order valence-corrected chi connectivity index (χ4v) is 4.77. The summed E-state index contributed by atoms with van der Waals surface area (Å²) in [5, 5.41) is 2.38. The van der Waals surface area contributed by atoms with Crippen LogP contribution in [0, 0.1) is 23.4 Å². The highest BCUT2D eigenvalue weighted by Crippen LogP contribution is 2.55. The molecule has 1 amide bonds. The summed E-state index contributed by atoms with van der Waals surface area (Å²) in [6.45, 7) is 3.62. The molecule has 186 valence electrons. The quantitative estimate of drug-likeness (QED) is 0.579. The Bertz CT molecular complexity index is 1220. The highest BCUT2D eigenvalue weighted by Gasteiger charge is 2.65. The Kier molecular flexibility index (Phi) is 6.70. The van der Waals surface area contributed by atoms with Gasteiger partial charge in [-0.15, -0.1) is 0 Å². The van der Waals surface area contributed by atoms with Gasteiger partial charge in [0.15, 0.2) is 5.60 Å². The van der Waals surface area contributed by atoms with Crippen molar-refractivity contribution in [2.75, 3.05) is 18.7 Å². The van der Waals surface area contributed by atoms with E-state index < -0.39 is 51.2 Å². The van der Waals surface area contributed by atoms with Gasteiger partial charge in [0.2, 0.25) is 0 Å². The number of nitrogens with zero attached hydrogens (tertiary/aromatic N) is 1. The molecule has 7 nitrogen and oxygen atoms in total. The molecule has 3 rings (SSSR count). The van der Waals surface area contributed by atoms with E-state index in [1.54, 1.807) is 0 Å². The zero-order valence-electron chi connectivity index (χ0n) is 19.1. The van der Waals surface area contributed by atoms with Crippen molar-refractivity contribution in [2.24, 2.45) is 5.92 Å². The Morgan fingerprint density at radius 1 is 1.32 bits per heavy atom. The molecule has 0 spiro atoms. The molecule has 0 radical (unpaired) electrons. The number of anilines is 1. The van der Waals surface area contributed by atoms with Gasteiger partial charge in [-0.3, -0.25) is 4.79 Å². The Morgan fingerprint density at radius 2 is 1.97 bits per heavy atom. The number of carbonyl (C=O) groups excluding carboxylic acids is 1. The average Bonchev–Trinajstić information content (AvgIpc) is 3.01. The van der Waals surface area contributed by atoms with E-state index in [4.69, 9.17) is 14.3 Å². The summed E-state index contributed by atoms with van der Waals surface area (Å²) in [6.07, 6.45) is -4.04. The molecule has 0 saturated carbocycles. The number of hydrogen-bond acceptors (Lipinski definition) is 6. The SMILES string of the molecule is COc1c([C@@H]2[C@@H](C(=O)Nc3ccnc([S@](C)(=N)=O)c3)O[C@](C)(C(F)(F)F)[C@@H]2C)ccc(F)c1C. The van der Waals surface area contributed by atoms with Gasteiger partial charge in [-0.1, -0.05) is 13.0 Å². The van der Waals surface area contributed by atoms with Crippen molar-refractivity contribution < 1.29 is 36.0 Å². The smallest absolute Gasteiger partial charge is 0.417 e. The van der Waals surface area contributed by atoms with E-state index in [9.17, 15) is 26.6 Å². The minimum atomic E-state index is -4.80. The van der Waals surface area contributed by atoms with Gasteiger partial charge in [-0.2, -0.15) is 13.2 Å². The monoisotopic (exact) mass is 503 g/mol. The summed E-state index contributed by atoms with van der Waals surface area (Å²) < 4.78 is 86.6. The van der Waals surface area contributed by atoms with Crippen LogP contribution >= 0.6 is 0 Å². The number of halogens is 4. The lowest BCUT2D eigenvalue weighted by Crippen LogP contribution is -2.47. The maximum absolute atomic E-state index is 14.1. The van der Waals surface area contributed by atoms with Crippen LogP contribution in [0.25, 0.3) is 0 Å². The number of aromatic nitrogens is 1. The van der Waals surface area contributed by atoms with Gasteiger partial charge < -0.3 is 14.8 Å². The molecule has 12 heteroatoms. The molecule has 1 aromatic carbocycles. The molecular weight excluding hydrogens is 478 g/mol. The molecule has 1 saturated heterocycles. The number of methoxy groups -OCH3 is 1. The lowest BCUT2D eigenvalue weighted by atomic mass is 9.76. The standard InChI is InChI=1S/C22H25F4N3O4S/c1-11-15(23)7-6-14(18(11)32-4)17-12(2)21(3,22(24,25)26)33-19(17)20(30)29-13-8-9-28-16(10-13)34(5,27)31/h6-10,12,17,19,27H,1-5H3,(H,28,29,30)/t12-,17-,19+,21+,34-/m1/s1. The number of nitrogens with one attached hydrogen (secondary N) is 2. The predicted octanol–water partition coefficient (Wildman–Crippen LogP) is 4.65. The van der Waals surface area contributed by atoms with E-state index in [0.29, 0.717) is 0 Å². The van der Waals surface area contributed by atoms with Crippen molar-refractivity contribution in [3.63, 3.8) is 0 Å². The minimum absolute atomic E-state index is 0.0378. The van der Waals surface area contributed by atoms with Crippen molar-refractivity contribution in [1.29, 1.82) is 4.78 Å². The van der Waals surface area contributed by atoms with Gasteiger partial charge in [0.25, 0.3) is 5.91 Å². The van der Waals surface area contributed by atoms with Crippen molar-refractivity contribution in [1.82, 2.24) is 4.98 Å². The van der Waals surface area contributed by atoms with Gasteiger partial charge in [0.1, 0.15) is 22.7 Å². The van der Waals surface area contributed by atoms with Crippen LogP contribution in [0.1, 0.15) is 30.9 Å². The molecule has 5 atom stereocenters. The number of carbonyl (C=O) groups is 1. The largest absolute Gasteiger partial charge is 0.496 e. The summed E-state index contributed by atoms with van der Waals surface area (Å²) in [5.74, 6) is -3.82. The summed E-state index contributed by atoms with van der Waals surface area (Å²) in [6, 6.07) is 4.97. The van der Waals surface area contributed by atoms with Crippen molar-refractivity contribution in [3.05, 3.63) is 47.4 Å². The normalized spacial score (nSPS) is 26.7. The molecule has 1 aliphatic rings. The molecule has 1 fully saturated rings. The topological polar surface area (TPSA) is 101 Å². The van der Waals surface area contributed by atoms with Crippen LogP contribution in [-0.4, -0.2) is 46.3 Å². The predicted molar refractivity (Wildman–Crippen MR) is 117 cm³/mol. The first-order chi connectivity index (χ1) is 15.6. The number of rotatable bonds is 5. The second-order valence-corrected chi connectivity index (χ2v) is 10.6. The molecule has 1 aromatic heterocycles. The molecule has 0 bridgehead atoms. The molecule has 1 aliphatic heterocycles. The molecule has 2 heterocycles. The van der Waals surface area contributed by atoms with E-state index in [1.165, 1.54) is 45.4 Å². The highest BCUT2D eigenvalue weighted by atomic mass is 32.2. The fourth-order valence-electron chi connectivity index (χ4n) is 4.16. The van der Waals surface area contributed by atoms with Crippen molar-refractivity contribution in [3.8, 4) is 5.75 Å². The van der Waals surface area contributed by atoms with Gasteiger partial charge in [-0.05, 0) is 32.0 Å². The third kappa shape index (κ3) is 4.48. The molecule has 2 aromatic rings. The van der Waals surface area contributed by atoms with Gasteiger partial charge in [0, 0.05) is 41.1 Å². The summed E-state index contributed by atoms with van der Waals surface area (Å²) in [4.78, 5) is 17.1. The molecule has 0 aliphatic carbocycles. The molecule has 0 unspecified atom stereocenters. The summed E-state index contributed by atoms with van der Waals surface area (Å²) in [7, 11) is -1.92. The zero-order valence-corrected chi connectivity index (χ0v) is 19.9. The summed E-state index contributed by atoms with van der Waals surface area (Å²) >= 11 is 0. The number of amides is 1. The highest BCUT2D eigenvalue weighted by molar-refractivity contribution is 7.91. The van der Waals surface area contributed by atoms with E-state index in [2.05, 4.69) is 10.3 Å². The molecule has 34 heavy (non-hydrogen) atoms. The van der Waals surface area contributed by atoms with Crippen LogP contribution in [0.4, 0.5) is 23.2 Å². The van der Waals surface area contributed by atoms with Crippen LogP contribution in [-0.2, 0) is 19.3 Å². The number of hydrogen-bond donors (Lipinski definition) is 2. The van der Waals surface area contributed by atoms with Gasteiger partial charge in [0.05, 0.1) is 16.8 Å². The van der Waals surface area contributed by atoms with Crippen molar-refractivity contribution in [2.45, 2.75) is 49.6 Å². The second kappa shape index (κ2) is 8.81. The first-order valence-electron chi connectivity index (χ1n) is 10.2. The molecule has 2 N–H and O–H groups in total. The number of pyridine rings is 1. The minimum Gasteiger partial charge on any atom is -0.496 e. The average molecular weight is 504 g/mol. The van der Waals surface area contributed by atoms with E-state index in [1.807, 2.05) is 0 Å². The fraction of sp³-hybridized carbons (Fsp3) is 0.455. The van der Waals surface area contributed by atoms with Crippen molar-refractivity contribution >= 4 is 21.3 Å². The Labute approximate surface area is 194 Å².